The molecule has 0 aliphatic carbocycles. The van der Waals surface area contributed by atoms with Gasteiger partial charge in [0.05, 0.1) is 13.2 Å². The largest absolute Gasteiger partial charge is 0.463 e. The summed E-state index contributed by atoms with van der Waals surface area (Å²) < 4.78 is 5.18. The van der Waals surface area contributed by atoms with Gasteiger partial charge in [0.2, 0.25) is 11.6 Å². The van der Waals surface area contributed by atoms with Crippen LogP contribution in [0.1, 0.15) is 53.4 Å². The van der Waals surface area contributed by atoms with E-state index < -0.39 is 11.6 Å². The van der Waals surface area contributed by atoms with Crippen molar-refractivity contribution in [3.63, 3.8) is 0 Å². The van der Waals surface area contributed by atoms with Gasteiger partial charge in [0.15, 0.2) is 0 Å². The van der Waals surface area contributed by atoms with Crippen LogP contribution in [0, 0.1) is 11.8 Å². The number of ether oxygens (including phenoxy) is 1. The minimum absolute atomic E-state index is 0.150. The summed E-state index contributed by atoms with van der Waals surface area (Å²) in [5, 5.41) is 4.35. The van der Waals surface area contributed by atoms with E-state index in [-0.39, 0.29) is 24.5 Å². The number of nitrogens with zero attached hydrogens (tertiary/aromatic N) is 1. The number of thiol groups is 1. The second kappa shape index (κ2) is 11.1. The Bertz CT molecular complexity index is 464. The van der Waals surface area contributed by atoms with Gasteiger partial charge in [0, 0.05) is 31.2 Å². The number of amides is 1. The van der Waals surface area contributed by atoms with Gasteiger partial charge >= 0.3 is 5.97 Å². The Balaban J connectivity index is 2.99. The molecule has 152 valence electrons. The normalized spacial score (nSPS) is 22.3. The number of hydrogen-bond acceptors (Lipinski definition) is 7. The Morgan fingerprint density at radius 3 is 2.65 bits per heavy atom. The quantitative estimate of drug-likeness (QED) is 0.204. The first-order chi connectivity index (χ1) is 12.3. The lowest BCUT2D eigenvalue weighted by atomic mass is 10.0. The van der Waals surface area contributed by atoms with Crippen molar-refractivity contribution in [2.75, 3.05) is 25.5 Å². The van der Waals surface area contributed by atoms with Crippen LogP contribution in [-0.4, -0.2) is 54.2 Å². The van der Waals surface area contributed by atoms with Gasteiger partial charge in [0.1, 0.15) is 0 Å². The highest BCUT2D eigenvalue weighted by Gasteiger charge is 2.52. The van der Waals surface area contributed by atoms with Crippen molar-refractivity contribution in [1.82, 2.24) is 10.4 Å². The van der Waals surface area contributed by atoms with E-state index in [4.69, 9.17) is 15.3 Å². The number of rotatable bonds is 12. The molecular weight excluding hydrogens is 354 g/mol. The average Bonchev–Trinajstić information content (AvgIpc) is 2.96. The van der Waals surface area contributed by atoms with E-state index in [0.29, 0.717) is 37.7 Å². The number of carbonyl (C=O) groups excluding carboxylic acids is 2. The molecule has 0 bridgehead atoms. The van der Waals surface area contributed by atoms with Crippen LogP contribution in [-0.2, 0) is 19.2 Å². The van der Waals surface area contributed by atoms with Gasteiger partial charge in [-0.3, -0.25) is 14.9 Å². The molecular formula is C18H35N3O4S. The van der Waals surface area contributed by atoms with Crippen LogP contribution < -0.4 is 11.1 Å². The third kappa shape index (κ3) is 6.40. The molecule has 0 radical (unpaired) electrons. The summed E-state index contributed by atoms with van der Waals surface area (Å²) in [5.74, 6) is 0.373. The topological polar surface area (TPSA) is 93.9 Å². The van der Waals surface area contributed by atoms with Crippen molar-refractivity contribution in [1.29, 1.82) is 0 Å². The van der Waals surface area contributed by atoms with Crippen LogP contribution in [0.4, 0.5) is 0 Å². The molecule has 1 saturated heterocycles. The third-order valence-corrected chi connectivity index (χ3v) is 5.08. The molecule has 1 fully saturated rings. The third-order valence-electron chi connectivity index (χ3n) is 4.61. The Morgan fingerprint density at radius 2 is 2.15 bits per heavy atom. The molecule has 3 N–H and O–H groups in total. The van der Waals surface area contributed by atoms with Gasteiger partial charge < -0.3 is 10.5 Å². The Morgan fingerprint density at radius 1 is 1.46 bits per heavy atom. The number of nitrogens with two attached hydrogens (primary N) is 1. The number of cyclic esters (lactones) is 1. The minimum Gasteiger partial charge on any atom is -0.463 e. The van der Waals surface area contributed by atoms with E-state index in [1.807, 2.05) is 13.8 Å². The average molecular weight is 390 g/mol. The first-order valence-corrected chi connectivity index (χ1v) is 10.1. The van der Waals surface area contributed by atoms with Gasteiger partial charge in [-0.15, -0.1) is 0 Å². The fourth-order valence-electron chi connectivity index (χ4n) is 2.67. The first-order valence-electron chi connectivity index (χ1n) is 9.51. The van der Waals surface area contributed by atoms with Crippen LogP contribution in [0.3, 0.4) is 0 Å². The molecule has 7 nitrogen and oxygen atoms in total. The summed E-state index contributed by atoms with van der Waals surface area (Å²) in [4.78, 5) is 31.3. The van der Waals surface area contributed by atoms with Crippen molar-refractivity contribution in [2.24, 2.45) is 17.6 Å². The van der Waals surface area contributed by atoms with Gasteiger partial charge in [-0.1, -0.05) is 34.1 Å². The highest BCUT2D eigenvalue weighted by atomic mass is 32.1. The fraction of sp³-hybridized carbons (Fsp3) is 0.889. The predicted molar refractivity (Wildman–Crippen MR) is 104 cm³/mol. The lowest BCUT2D eigenvalue weighted by molar-refractivity contribution is -0.230. The van der Waals surface area contributed by atoms with E-state index in [0.717, 1.165) is 12.8 Å². The van der Waals surface area contributed by atoms with E-state index in [9.17, 15) is 9.59 Å². The Hall–Kier alpha value is -0.830. The van der Waals surface area contributed by atoms with Crippen LogP contribution in [0.25, 0.3) is 0 Å². The zero-order valence-electron chi connectivity index (χ0n) is 16.5. The molecule has 1 amide bonds. The molecule has 0 aromatic heterocycles. The molecule has 1 heterocycles. The number of esters is 1. The van der Waals surface area contributed by atoms with Crippen LogP contribution in [0.15, 0.2) is 0 Å². The lowest BCUT2D eigenvalue weighted by Gasteiger charge is -2.38. The summed E-state index contributed by atoms with van der Waals surface area (Å²) in [5.41, 5.74) is 4.62. The molecule has 0 spiro atoms. The molecule has 1 rings (SSSR count). The second-order valence-corrected chi connectivity index (χ2v) is 7.86. The standard InChI is InChI=1S/C18H35N3O4S/c1-5-14(4)6-8-25-21(16(22)10-13(2)3)18(7-9-24-17(18)23)20-11-15(19)12-26/h13-15,20,26H,5-12,19H2,1-4H3/t14-,15?,18-/m0/s1. The Labute approximate surface area is 162 Å². The van der Waals surface area contributed by atoms with E-state index >= 15 is 0 Å². The Kier molecular flexibility index (Phi) is 9.92. The van der Waals surface area contributed by atoms with E-state index in [1.54, 1.807) is 0 Å². The van der Waals surface area contributed by atoms with Gasteiger partial charge in [0.25, 0.3) is 0 Å². The fourth-order valence-corrected chi connectivity index (χ4v) is 2.80. The maximum atomic E-state index is 12.9. The van der Waals surface area contributed by atoms with Crippen LogP contribution >= 0.6 is 12.6 Å². The van der Waals surface area contributed by atoms with Crippen molar-refractivity contribution in [2.45, 2.75) is 65.1 Å². The molecule has 1 aliphatic rings. The van der Waals surface area contributed by atoms with Crippen molar-refractivity contribution in [3.05, 3.63) is 0 Å². The SMILES string of the molecule is CC[C@H](C)CCON(C(=O)CC(C)C)[C@@]1(NCC(N)CS)CCOC1=O. The molecule has 0 aromatic rings. The van der Waals surface area contributed by atoms with Crippen LogP contribution in [0.2, 0.25) is 0 Å². The maximum Gasteiger partial charge on any atom is 0.349 e. The molecule has 26 heavy (non-hydrogen) atoms. The second-order valence-electron chi connectivity index (χ2n) is 7.49. The minimum atomic E-state index is -1.32. The first kappa shape index (κ1) is 23.2. The van der Waals surface area contributed by atoms with Crippen molar-refractivity contribution in [3.8, 4) is 0 Å². The number of carbonyl (C=O) groups is 2. The monoisotopic (exact) mass is 389 g/mol. The molecule has 1 aliphatic heterocycles. The molecule has 1 unspecified atom stereocenters. The molecule has 8 heteroatoms. The maximum absolute atomic E-state index is 12.9. The number of hydroxylamine groups is 2. The highest BCUT2D eigenvalue weighted by Crippen LogP contribution is 2.27. The summed E-state index contributed by atoms with van der Waals surface area (Å²) in [6, 6.07) is -0.245. The summed E-state index contributed by atoms with van der Waals surface area (Å²) in [6.45, 7) is 9.10. The molecule has 0 saturated carbocycles. The lowest BCUT2D eigenvalue weighted by Crippen LogP contribution is -2.65. The van der Waals surface area contributed by atoms with E-state index in [2.05, 4.69) is 31.8 Å². The van der Waals surface area contributed by atoms with Gasteiger partial charge in [-0.2, -0.15) is 17.7 Å². The van der Waals surface area contributed by atoms with Crippen molar-refractivity contribution < 1.29 is 19.2 Å². The molecule has 0 aromatic carbocycles. The summed E-state index contributed by atoms with van der Waals surface area (Å²) in [7, 11) is 0. The number of hydrogen-bond donors (Lipinski definition) is 3. The zero-order chi connectivity index (χ0) is 19.7. The van der Waals surface area contributed by atoms with E-state index in [1.165, 1.54) is 5.06 Å². The van der Waals surface area contributed by atoms with Crippen LogP contribution in [0.5, 0.6) is 0 Å². The summed E-state index contributed by atoms with van der Waals surface area (Å²) >= 11 is 4.18. The smallest absolute Gasteiger partial charge is 0.349 e. The van der Waals surface area contributed by atoms with Crippen molar-refractivity contribution >= 4 is 24.5 Å². The number of nitrogens with one attached hydrogen (secondary N) is 1. The predicted octanol–water partition coefficient (Wildman–Crippen LogP) is 1.72. The zero-order valence-corrected chi connectivity index (χ0v) is 17.4. The van der Waals surface area contributed by atoms with Gasteiger partial charge in [-0.05, 0) is 18.3 Å². The van der Waals surface area contributed by atoms with Gasteiger partial charge in [-0.25, -0.2) is 4.79 Å². The highest BCUT2D eigenvalue weighted by molar-refractivity contribution is 7.80. The summed E-state index contributed by atoms with van der Waals surface area (Å²) in [6.07, 6.45) is 2.46. The molecule has 3 atom stereocenters.